The zero-order chi connectivity index (χ0) is 28.3. The fourth-order valence-electron chi connectivity index (χ4n) is 7.04. The summed E-state index contributed by atoms with van der Waals surface area (Å²) in [5, 5.41) is 13.0. The Morgan fingerprint density at radius 1 is 0.595 bits per heavy atom. The van der Waals surface area contributed by atoms with E-state index < -0.39 is 12.1 Å². The summed E-state index contributed by atoms with van der Waals surface area (Å²) in [6.07, 6.45) is 0. The average Bonchev–Trinajstić information content (AvgIpc) is 3.50. The van der Waals surface area contributed by atoms with Crippen LogP contribution in [0.3, 0.4) is 0 Å². The van der Waals surface area contributed by atoms with Crippen LogP contribution in [0.5, 0.6) is 11.5 Å². The molecule has 2 aliphatic heterocycles. The summed E-state index contributed by atoms with van der Waals surface area (Å²) < 4.78 is 17.7. The number of hydrogen-bond donors (Lipinski definition) is 2. The largest absolute Gasteiger partial charge is 0.456 e. The number of nitrogens with zero attached hydrogens (tertiary/aromatic N) is 2. The molecule has 42 heavy (non-hydrogen) atoms. The Bertz CT molecular complexity index is 2070. The molecule has 3 aliphatic rings. The van der Waals surface area contributed by atoms with Crippen LogP contribution in [-0.4, -0.2) is 21.2 Å². The molecule has 2 unspecified atom stereocenters. The lowest BCUT2D eigenvalue weighted by atomic mass is 9.97. The molecule has 1 aliphatic carbocycles. The minimum absolute atomic E-state index is 0.455. The van der Waals surface area contributed by atoms with Crippen molar-refractivity contribution in [3.63, 3.8) is 0 Å². The lowest BCUT2D eigenvalue weighted by Crippen LogP contribution is -2.42. The summed E-state index contributed by atoms with van der Waals surface area (Å²) in [5.74, 6) is 2.63. The van der Waals surface area contributed by atoms with Gasteiger partial charge in [-0.2, -0.15) is 0 Å². The van der Waals surface area contributed by atoms with Gasteiger partial charge in [0.2, 0.25) is 0 Å². The summed E-state index contributed by atoms with van der Waals surface area (Å²) in [5.41, 5.74) is 6.38. The van der Waals surface area contributed by atoms with E-state index in [2.05, 4.69) is 106 Å². The van der Waals surface area contributed by atoms with Gasteiger partial charge in [0.1, 0.15) is 23.6 Å². The Morgan fingerprint density at radius 3 is 1.45 bits per heavy atom. The zero-order valence-electron chi connectivity index (χ0n) is 23.0. The van der Waals surface area contributed by atoms with Crippen LogP contribution in [0.25, 0.3) is 43.6 Å². The van der Waals surface area contributed by atoms with Crippen LogP contribution in [-0.2, 0) is 13.1 Å². The van der Waals surface area contributed by atoms with Crippen molar-refractivity contribution in [3.05, 3.63) is 94.4 Å². The number of hydrogen-bond acceptors (Lipinski definition) is 4. The second-order valence-electron chi connectivity index (χ2n) is 11.0. The van der Waals surface area contributed by atoms with E-state index in [4.69, 9.17) is 32.7 Å². The fraction of sp³-hybridized carbons (Fsp3) is 0.176. The molecular weight excluding hydrogens is 567 g/mol. The van der Waals surface area contributed by atoms with Gasteiger partial charge in [-0.1, -0.05) is 59.6 Å². The zero-order valence-corrected chi connectivity index (χ0v) is 24.5. The first-order chi connectivity index (χ1) is 20.6. The second kappa shape index (κ2) is 8.63. The summed E-state index contributed by atoms with van der Waals surface area (Å²) in [6.45, 7) is 6.03. The molecule has 0 radical (unpaired) electrons. The van der Waals surface area contributed by atoms with E-state index in [1.807, 2.05) is 0 Å². The molecule has 6 nitrogen and oxygen atoms in total. The molecule has 0 bridgehead atoms. The van der Waals surface area contributed by atoms with Crippen LogP contribution in [0.4, 0.5) is 11.4 Å². The molecule has 4 heterocycles. The van der Waals surface area contributed by atoms with E-state index in [1.165, 1.54) is 21.8 Å². The number of anilines is 2. The van der Waals surface area contributed by atoms with Crippen LogP contribution in [0, 0.1) is 0 Å². The molecule has 4 aromatic carbocycles. The van der Waals surface area contributed by atoms with Gasteiger partial charge in [0.15, 0.2) is 11.5 Å². The van der Waals surface area contributed by atoms with Crippen molar-refractivity contribution in [2.45, 2.75) is 39.0 Å². The van der Waals surface area contributed by atoms with E-state index in [9.17, 15) is 0 Å². The van der Waals surface area contributed by atoms with Crippen molar-refractivity contribution >= 4 is 78.2 Å². The molecule has 0 fully saturated rings. The van der Waals surface area contributed by atoms with Gasteiger partial charge < -0.3 is 29.2 Å². The molecule has 9 rings (SSSR count). The highest BCUT2D eigenvalue weighted by Gasteiger charge is 2.43. The number of aryl methyl sites for hydroxylation is 2. The summed E-state index contributed by atoms with van der Waals surface area (Å²) >= 11 is 14.2. The highest BCUT2D eigenvalue weighted by atomic mass is 35.5. The minimum atomic E-state index is -0.455. The number of para-hydroxylation sites is 2. The number of rotatable bonds is 2. The monoisotopic (exact) mass is 592 g/mol. The van der Waals surface area contributed by atoms with E-state index in [0.717, 1.165) is 57.8 Å². The Labute approximate surface area is 251 Å². The Kier molecular flexibility index (Phi) is 5.00. The Morgan fingerprint density at radius 2 is 1.02 bits per heavy atom. The number of aromatic nitrogens is 2. The van der Waals surface area contributed by atoms with Gasteiger partial charge in [0, 0.05) is 57.8 Å². The van der Waals surface area contributed by atoms with Gasteiger partial charge in [-0.3, -0.25) is 0 Å². The van der Waals surface area contributed by atoms with Gasteiger partial charge in [-0.15, -0.1) is 0 Å². The van der Waals surface area contributed by atoms with Crippen LogP contribution < -0.4 is 20.1 Å². The predicted molar refractivity (Wildman–Crippen MR) is 172 cm³/mol. The van der Waals surface area contributed by atoms with Crippen LogP contribution in [0.1, 0.15) is 13.8 Å². The molecule has 2 aromatic heterocycles. The van der Waals surface area contributed by atoms with Gasteiger partial charge >= 0.3 is 0 Å². The van der Waals surface area contributed by atoms with E-state index in [1.54, 1.807) is 0 Å². The number of ether oxygens (including phenoxy) is 2. The minimum Gasteiger partial charge on any atom is -0.456 e. The molecule has 6 aromatic rings. The van der Waals surface area contributed by atoms with Crippen molar-refractivity contribution in [2.24, 2.45) is 0 Å². The van der Waals surface area contributed by atoms with E-state index in [-0.39, 0.29) is 0 Å². The van der Waals surface area contributed by atoms with E-state index >= 15 is 0 Å². The van der Waals surface area contributed by atoms with E-state index in [0.29, 0.717) is 21.6 Å². The van der Waals surface area contributed by atoms with Crippen molar-refractivity contribution in [2.75, 3.05) is 10.6 Å². The lowest BCUT2D eigenvalue weighted by Gasteiger charge is -2.39. The summed E-state index contributed by atoms with van der Waals surface area (Å²) in [6, 6.07) is 24.5. The van der Waals surface area contributed by atoms with Crippen LogP contribution >= 0.6 is 23.2 Å². The summed E-state index contributed by atoms with van der Waals surface area (Å²) in [7, 11) is 0. The highest BCUT2D eigenvalue weighted by Crippen LogP contribution is 2.49. The summed E-state index contributed by atoms with van der Waals surface area (Å²) in [4.78, 5) is 0. The maximum Gasteiger partial charge on any atom is 0.152 e. The predicted octanol–water partition coefficient (Wildman–Crippen LogP) is 8.90. The number of nitrogens with one attached hydrogen (secondary N) is 2. The molecule has 2 N–H and O–H groups in total. The van der Waals surface area contributed by atoms with Crippen molar-refractivity contribution < 1.29 is 9.47 Å². The van der Waals surface area contributed by atoms with Crippen molar-refractivity contribution in [1.82, 2.24) is 9.13 Å². The van der Waals surface area contributed by atoms with Gasteiger partial charge in [-0.05, 0) is 38.1 Å². The molecule has 0 saturated carbocycles. The molecular formula is C34H26Cl2N4O2. The Hall–Kier alpha value is -4.26. The third kappa shape index (κ3) is 3.11. The second-order valence-corrected chi connectivity index (χ2v) is 11.9. The lowest BCUT2D eigenvalue weighted by molar-refractivity contribution is 0.345. The average molecular weight is 594 g/mol. The first-order valence-corrected chi connectivity index (χ1v) is 15.1. The van der Waals surface area contributed by atoms with Gasteiger partial charge in [0.25, 0.3) is 0 Å². The van der Waals surface area contributed by atoms with Crippen LogP contribution in [0.15, 0.2) is 94.4 Å². The third-order valence-electron chi connectivity index (χ3n) is 8.92. The van der Waals surface area contributed by atoms with Gasteiger partial charge in [0.05, 0.1) is 32.5 Å². The number of fused-ring (bicyclic) bond motifs is 10. The van der Waals surface area contributed by atoms with Crippen molar-refractivity contribution in [1.29, 1.82) is 0 Å². The molecule has 2 atom stereocenters. The topological polar surface area (TPSA) is 52.4 Å². The Balaban J connectivity index is 1.17. The third-order valence-corrected chi connectivity index (χ3v) is 9.73. The van der Waals surface area contributed by atoms with Crippen LogP contribution in [0.2, 0.25) is 0 Å². The number of halogens is 2. The van der Waals surface area contributed by atoms with Crippen molar-refractivity contribution in [3.8, 4) is 11.5 Å². The smallest absolute Gasteiger partial charge is 0.152 e. The maximum atomic E-state index is 7.11. The van der Waals surface area contributed by atoms with Gasteiger partial charge in [-0.25, -0.2) is 0 Å². The highest BCUT2D eigenvalue weighted by molar-refractivity contribution is 6.34. The first kappa shape index (κ1) is 24.3. The molecule has 0 amide bonds. The first-order valence-electron chi connectivity index (χ1n) is 14.3. The quantitative estimate of drug-likeness (QED) is 0.211. The molecule has 0 saturated heterocycles. The maximum absolute atomic E-state index is 7.11. The SMILES string of the molecule is CCn1c2ccccc2c2cc3c(cc21)OC1=C(Cl)C2Nc4cc5c6ccccc6n(CC)c5cc4OC2=C(Cl)C1N3. The molecule has 0 spiro atoms. The number of benzene rings is 4. The molecule has 208 valence electrons. The standard InChI is InChI=1S/C34H26Cl2N4O2/c1-3-39-23-11-7-5-9-17(23)19-13-21-27(15-25(19)39)41-33-29(35)32-34(30(36)31(33)37-21)42-28-16-26-20(14-22(28)38-32)18-10-6-8-12-24(18)40(26)4-2/h5-16,31-32,37-38H,3-4H2,1-2H3. The fourth-order valence-corrected chi connectivity index (χ4v) is 7.64. The molecule has 8 heteroatoms. The normalized spacial score (nSPS) is 19.2.